The average Bonchev–Trinajstić information content (AvgIpc) is 3.35. The Morgan fingerprint density at radius 3 is 2.77 bits per heavy atom. The lowest BCUT2D eigenvalue weighted by Crippen LogP contribution is -2.50. The number of aryl methyl sites for hydroxylation is 1. The topological polar surface area (TPSA) is 58.8 Å². The van der Waals surface area contributed by atoms with Crippen LogP contribution in [-0.2, 0) is 16.0 Å². The number of amides is 1. The zero-order valence-electron chi connectivity index (χ0n) is 17.7. The monoisotopic (exact) mass is 415 g/mol. The smallest absolute Gasteiger partial charge is 0.223 e. The molecule has 2 aromatic rings. The van der Waals surface area contributed by atoms with Gasteiger partial charge < -0.3 is 14.1 Å². The molecule has 0 bridgehead atoms. The number of hydrogen-bond donors (Lipinski definition) is 0. The van der Waals surface area contributed by atoms with Crippen LogP contribution >= 0.6 is 0 Å². The minimum absolute atomic E-state index is 0.137. The molecule has 0 spiro atoms. The number of hydrogen-bond acceptors (Lipinski definition) is 5. The summed E-state index contributed by atoms with van der Waals surface area (Å²) in [7, 11) is 0. The molecule has 1 amide bonds. The molecule has 2 aliphatic heterocycles. The van der Waals surface area contributed by atoms with Gasteiger partial charge in [0.1, 0.15) is 5.82 Å². The quantitative estimate of drug-likeness (QED) is 0.723. The normalized spacial score (nSPS) is 25.0. The summed E-state index contributed by atoms with van der Waals surface area (Å²) in [5.41, 5.74) is 0.385. The Morgan fingerprint density at radius 1 is 1.23 bits per heavy atom. The van der Waals surface area contributed by atoms with Crippen molar-refractivity contribution in [2.24, 2.45) is 0 Å². The molecule has 3 atom stereocenters. The fourth-order valence-electron chi connectivity index (χ4n) is 4.65. The van der Waals surface area contributed by atoms with Crippen molar-refractivity contribution in [3.05, 3.63) is 42.2 Å². The largest absolute Gasteiger partial charge is 0.441 e. The molecule has 0 saturated carbocycles. The third kappa shape index (κ3) is 4.90. The van der Waals surface area contributed by atoms with Crippen molar-refractivity contribution >= 4 is 5.91 Å². The summed E-state index contributed by atoms with van der Waals surface area (Å²) < 4.78 is 25.4. The molecule has 2 saturated heterocycles. The Bertz CT molecular complexity index is 861. The maximum Gasteiger partial charge on any atom is 0.223 e. The van der Waals surface area contributed by atoms with E-state index in [1.807, 2.05) is 4.90 Å². The third-order valence-electron chi connectivity index (χ3n) is 5.91. The van der Waals surface area contributed by atoms with Crippen LogP contribution in [0.1, 0.15) is 39.0 Å². The Hall–Kier alpha value is -2.25. The average molecular weight is 416 g/mol. The summed E-state index contributed by atoms with van der Waals surface area (Å²) in [6.45, 7) is 7.75. The van der Waals surface area contributed by atoms with Crippen LogP contribution in [0.2, 0.25) is 0 Å². The van der Waals surface area contributed by atoms with Crippen molar-refractivity contribution in [2.45, 2.75) is 57.8 Å². The van der Waals surface area contributed by atoms with Gasteiger partial charge in [-0.15, -0.1) is 0 Å². The lowest BCUT2D eigenvalue weighted by molar-refractivity contribution is -0.133. The van der Waals surface area contributed by atoms with Gasteiger partial charge in [0.05, 0.1) is 24.0 Å². The Balaban J connectivity index is 1.32. The van der Waals surface area contributed by atoms with E-state index in [1.165, 1.54) is 12.3 Å². The molecule has 3 heterocycles. The molecule has 2 aliphatic rings. The number of aromatic nitrogens is 1. The predicted octanol–water partition coefficient (Wildman–Crippen LogP) is 3.51. The van der Waals surface area contributed by atoms with Gasteiger partial charge >= 0.3 is 0 Å². The second-order valence-corrected chi connectivity index (χ2v) is 8.46. The van der Waals surface area contributed by atoms with Crippen molar-refractivity contribution in [3.63, 3.8) is 0 Å². The van der Waals surface area contributed by atoms with Gasteiger partial charge in [0.2, 0.25) is 5.91 Å². The Labute approximate surface area is 177 Å². The van der Waals surface area contributed by atoms with E-state index in [0.29, 0.717) is 30.1 Å². The number of oxazole rings is 1. The van der Waals surface area contributed by atoms with Gasteiger partial charge in [-0.3, -0.25) is 9.69 Å². The van der Waals surface area contributed by atoms with E-state index in [4.69, 9.17) is 9.15 Å². The van der Waals surface area contributed by atoms with Crippen LogP contribution in [0.4, 0.5) is 4.39 Å². The zero-order chi connectivity index (χ0) is 21.1. The van der Waals surface area contributed by atoms with Crippen LogP contribution in [0.25, 0.3) is 11.3 Å². The van der Waals surface area contributed by atoms with Crippen LogP contribution < -0.4 is 0 Å². The third-order valence-corrected chi connectivity index (χ3v) is 5.91. The van der Waals surface area contributed by atoms with E-state index in [2.05, 4.69) is 23.7 Å². The molecule has 3 unspecified atom stereocenters. The Kier molecular flexibility index (Phi) is 6.49. The molecule has 162 valence electrons. The van der Waals surface area contributed by atoms with E-state index in [-0.39, 0.29) is 30.0 Å². The molecule has 0 aliphatic carbocycles. The summed E-state index contributed by atoms with van der Waals surface area (Å²) in [6, 6.07) is 6.71. The maximum absolute atomic E-state index is 13.9. The number of morpholine rings is 1. The number of halogens is 1. The van der Waals surface area contributed by atoms with Crippen molar-refractivity contribution in [3.8, 4) is 11.3 Å². The summed E-state index contributed by atoms with van der Waals surface area (Å²) >= 11 is 0. The van der Waals surface area contributed by atoms with Crippen molar-refractivity contribution in [2.75, 3.05) is 26.2 Å². The van der Waals surface area contributed by atoms with Crippen molar-refractivity contribution in [1.82, 2.24) is 14.8 Å². The highest BCUT2D eigenvalue weighted by atomic mass is 19.1. The molecule has 7 heteroatoms. The lowest BCUT2D eigenvalue weighted by Gasteiger charge is -2.38. The van der Waals surface area contributed by atoms with Gasteiger partial charge in [-0.25, -0.2) is 9.37 Å². The number of ether oxygens (including phenoxy) is 1. The first kappa shape index (κ1) is 21.0. The van der Waals surface area contributed by atoms with Crippen LogP contribution in [0.5, 0.6) is 0 Å². The summed E-state index contributed by atoms with van der Waals surface area (Å²) in [5, 5.41) is 0. The first-order chi connectivity index (χ1) is 14.5. The lowest BCUT2D eigenvalue weighted by atomic mass is 10.1. The van der Waals surface area contributed by atoms with E-state index in [1.54, 1.807) is 18.2 Å². The molecule has 0 radical (unpaired) electrons. The van der Waals surface area contributed by atoms with Gasteiger partial charge in [0.25, 0.3) is 0 Å². The molecule has 0 N–H and O–H groups in total. The van der Waals surface area contributed by atoms with Gasteiger partial charge in [-0.05, 0) is 38.8 Å². The molecule has 30 heavy (non-hydrogen) atoms. The highest BCUT2D eigenvalue weighted by molar-refractivity contribution is 5.77. The fourth-order valence-corrected chi connectivity index (χ4v) is 4.65. The van der Waals surface area contributed by atoms with E-state index in [0.717, 1.165) is 39.0 Å². The summed E-state index contributed by atoms with van der Waals surface area (Å²) in [6.07, 6.45) is 4.84. The number of benzene rings is 1. The number of likely N-dealkylation sites (tertiary alicyclic amines) is 1. The van der Waals surface area contributed by atoms with Crippen LogP contribution in [0.3, 0.4) is 0 Å². The maximum atomic E-state index is 13.9. The minimum atomic E-state index is -0.345. The fraction of sp³-hybridized carbons (Fsp3) is 0.565. The predicted molar refractivity (Wildman–Crippen MR) is 111 cm³/mol. The molecule has 1 aromatic heterocycles. The number of carbonyl (C=O) groups excluding carboxylic acids is 1. The van der Waals surface area contributed by atoms with Gasteiger partial charge in [-0.1, -0.05) is 12.1 Å². The number of rotatable bonds is 6. The SMILES string of the molecule is CC1CN(CC2CCCN2C(=O)CCc2ncc(-c3ccccc3F)o2)CC(C)O1. The molecule has 6 nitrogen and oxygen atoms in total. The second-order valence-electron chi connectivity index (χ2n) is 8.46. The highest BCUT2D eigenvalue weighted by Gasteiger charge is 2.32. The van der Waals surface area contributed by atoms with E-state index in [9.17, 15) is 9.18 Å². The van der Waals surface area contributed by atoms with Crippen LogP contribution in [-0.4, -0.2) is 65.1 Å². The molecular formula is C23H30FN3O3. The van der Waals surface area contributed by atoms with Gasteiger partial charge in [-0.2, -0.15) is 0 Å². The van der Waals surface area contributed by atoms with Crippen molar-refractivity contribution < 1.29 is 18.3 Å². The first-order valence-electron chi connectivity index (χ1n) is 10.9. The van der Waals surface area contributed by atoms with E-state index >= 15 is 0 Å². The highest BCUT2D eigenvalue weighted by Crippen LogP contribution is 2.25. The van der Waals surface area contributed by atoms with Crippen LogP contribution in [0, 0.1) is 5.82 Å². The summed E-state index contributed by atoms with van der Waals surface area (Å²) in [5.74, 6) is 0.652. The molecular weight excluding hydrogens is 385 g/mol. The van der Waals surface area contributed by atoms with Crippen molar-refractivity contribution in [1.29, 1.82) is 0 Å². The summed E-state index contributed by atoms with van der Waals surface area (Å²) in [4.78, 5) is 21.6. The molecule has 4 rings (SSSR count). The van der Waals surface area contributed by atoms with Gasteiger partial charge in [0, 0.05) is 45.1 Å². The number of carbonyl (C=O) groups is 1. The zero-order valence-corrected chi connectivity index (χ0v) is 17.7. The molecule has 1 aromatic carbocycles. The van der Waals surface area contributed by atoms with E-state index < -0.39 is 0 Å². The first-order valence-corrected chi connectivity index (χ1v) is 10.9. The Morgan fingerprint density at radius 2 is 2.00 bits per heavy atom. The standard InChI is InChI=1S/C23H30FN3O3/c1-16-13-26(14-17(2)29-16)15-18-6-5-11-27(18)23(28)10-9-22-25-12-21(30-22)19-7-3-4-8-20(19)24/h3-4,7-8,12,16-18H,5-6,9-11,13-15H2,1-2H3. The number of nitrogens with zero attached hydrogens (tertiary/aromatic N) is 3. The molecule has 2 fully saturated rings. The minimum Gasteiger partial charge on any atom is -0.441 e. The van der Waals surface area contributed by atoms with Crippen LogP contribution in [0.15, 0.2) is 34.9 Å². The van der Waals surface area contributed by atoms with Gasteiger partial charge in [0.15, 0.2) is 11.7 Å². The second kappa shape index (κ2) is 9.27.